The van der Waals surface area contributed by atoms with E-state index in [2.05, 4.69) is 39.7 Å². The van der Waals surface area contributed by atoms with Gasteiger partial charge >= 0.3 is 0 Å². The third-order valence-electron chi connectivity index (χ3n) is 3.62. The molecule has 2 aromatic carbocycles. The Hall–Kier alpha value is -2.01. The van der Waals surface area contributed by atoms with Crippen molar-refractivity contribution >= 4 is 28.4 Å². The lowest BCUT2D eigenvalue weighted by atomic mass is 10.0. The zero-order valence-corrected chi connectivity index (χ0v) is 14.7. The number of benzene rings is 2. The lowest BCUT2D eigenvalue weighted by Gasteiger charge is -2.04. The molecule has 0 aliphatic carbocycles. The monoisotopic (exact) mass is 413 g/mol. The second-order valence-corrected chi connectivity index (χ2v) is 6.67. The maximum absolute atomic E-state index is 12.2. The van der Waals surface area contributed by atoms with Crippen LogP contribution in [0, 0.1) is 3.57 Å². The number of ketones is 1. The van der Waals surface area contributed by atoms with Crippen molar-refractivity contribution in [3.63, 3.8) is 0 Å². The van der Waals surface area contributed by atoms with Crippen molar-refractivity contribution < 1.29 is 4.79 Å². The van der Waals surface area contributed by atoms with Gasteiger partial charge in [0.05, 0.1) is 0 Å². The highest BCUT2D eigenvalue weighted by molar-refractivity contribution is 14.1. The summed E-state index contributed by atoms with van der Waals surface area (Å²) in [5, 5.41) is 0. The van der Waals surface area contributed by atoms with Gasteiger partial charge in [0, 0.05) is 33.9 Å². The lowest BCUT2D eigenvalue weighted by Crippen LogP contribution is -2.07. The van der Waals surface area contributed by atoms with E-state index in [0.29, 0.717) is 12.8 Å². The first-order chi connectivity index (χ1) is 11.2. The van der Waals surface area contributed by atoms with Gasteiger partial charge in [0.15, 0.2) is 0 Å². The van der Waals surface area contributed by atoms with E-state index in [1.807, 2.05) is 60.8 Å². The quantitative estimate of drug-likeness (QED) is 0.568. The zero-order chi connectivity index (χ0) is 16.1. The molecule has 0 radical (unpaired) electrons. The van der Waals surface area contributed by atoms with Crippen molar-refractivity contribution in [1.29, 1.82) is 0 Å². The first kappa shape index (κ1) is 15.9. The Morgan fingerprint density at radius 1 is 0.826 bits per heavy atom. The van der Waals surface area contributed by atoms with Crippen LogP contribution in [0.2, 0.25) is 0 Å². The molecule has 0 N–H and O–H groups in total. The van der Waals surface area contributed by atoms with Crippen molar-refractivity contribution in [1.82, 2.24) is 4.98 Å². The van der Waals surface area contributed by atoms with E-state index in [4.69, 9.17) is 0 Å². The molecule has 23 heavy (non-hydrogen) atoms. The number of carbonyl (C=O) groups is 1. The highest BCUT2D eigenvalue weighted by atomic mass is 127. The maximum atomic E-state index is 12.2. The molecule has 0 saturated heterocycles. The molecular formula is C20H16INO. The first-order valence-electron chi connectivity index (χ1n) is 7.47. The van der Waals surface area contributed by atoms with Crippen molar-refractivity contribution in [3.8, 4) is 11.1 Å². The zero-order valence-electron chi connectivity index (χ0n) is 12.6. The highest BCUT2D eigenvalue weighted by Gasteiger charge is 2.07. The van der Waals surface area contributed by atoms with E-state index in [-0.39, 0.29) is 5.78 Å². The van der Waals surface area contributed by atoms with Crippen LogP contribution in [0.4, 0.5) is 0 Å². The Labute approximate surface area is 149 Å². The average Bonchev–Trinajstić information content (AvgIpc) is 2.58. The Morgan fingerprint density at radius 3 is 2.22 bits per heavy atom. The summed E-state index contributed by atoms with van der Waals surface area (Å²) in [6, 6.07) is 22.1. The minimum atomic E-state index is 0.186. The summed E-state index contributed by atoms with van der Waals surface area (Å²) in [5.41, 5.74) is 4.08. The van der Waals surface area contributed by atoms with Crippen molar-refractivity contribution in [2.75, 3.05) is 0 Å². The van der Waals surface area contributed by atoms with Gasteiger partial charge in [-0.2, -0.15) is 0 Å². The molecule has 0 fully saturated rings. The minimum Gasteiger partial charge on any atom is -0.299 e. The number of Topliss-reactive ketones (excluding diaryl/α,β-unsaturated/α-hetero) is 1. The standard InChI is InChI=1S/C20H16INO/c21-18-9-6-15(7-10-18)12-20(23)13-19-11-8-17(14-22-19)16-4-2-1-3-5-16/h1-11,14H,12-13H2. The summed E-state index contributed by atoms with van der Waals surface area (Å²) >= 11 is 2.26. The van der Waals surface area contributed by atoms with E-state index < -0.39 is 0 Å². The Balaban J connectivity index is 1.64. The summed E-state index contributed by atoms with van der Waals surface area (Å²) in [7, 11) is 0. The molecular weight excluding hydrogens is 397 g/mol. The smallest absolute Gasteiger partial charge is 0.143 e. The van der Waals surface area contributed by atoms with E-state index in [1.54, 1.807) is 0 Å². The van der Waals surface area contributed by atoms with Gasteiger partial charge < -0.3 is 0 Å². The molecule has 0 aliphatic rings. The average molecular weight is 413 g/mol. The molecule has 1 heterocycles. The van der Waals surface area contributed by atoms with E-state index >= 15 is 0 Å². The van der Waals surface area contributed by atoms with Crippen LogP contribution in [0.3, 0.4) is 0 Å². The van der Waals surface area contributed by atoms with Crippen LogP contribution < -0.4 is 0 Å². The molecule has 0 spiro atoms. The summed E-state index contributed by atoms with van der Waals surface area (Å²) < 4.78 is 1.18. The van der Waals surface area contributed by atoms with Gasteiger partial charge in [0.1, 0.15) is 5.78 Å². The number of hydrogen-bond acceptors (Lipinski definition) is 2. The molecule has 0 atom stereocenters. The van der Waals surface area contributed by atoms with Crippen LogP contribution in [-0.2, 0) is 17.6 Å². The van der Waals surface area contributed by atoms with Crippen LogP contribution in [-0.4, -0.2) is 10.8 Å². The predicted molar refractivity (Wildman–Crippen MR) is 101 cm³/mol. The van der Waals surface area contributed by atoms with Crippen LogP contribution in [0.5, 0.6) is 0 Å². The highest BCUT2D eigenvalue weighted by Crippen LogP contribution is 2.18. The number of carbonyl (C=O) groups excluding carboxylic acids is 1. The molecule has 1 aromatic heterocycles. The molecule has 0 amide bonds. The van der Waals surface area contributed by atoms with Crippen LogP contribution in [0.1, 0.15) is 11.3 Å². The van der Waals surface area contributed by atoms with Crippen LogP contribution in [0.25, 0.3) is 11.1 Å². The molecule has 3 aromatic rings. The van der Waals surface area contributed by atoms with E-state index in [1.165, 1.54) is 3.57 Å². The third-order valence-corrected chi connectivity index (χ3v) is 4.34. The fourth-order valence-corrected chi connectivity index (χ4v) is 2.78. The minimum absolute atomic E-state index is 0.186. The molecule has 3 heteroatoms. The lowest BCUT2D eigenvalue weighted by molar-refractivity contribution is -0.117. The van der Waals surface area contributed by atoms with Crippen LogP contribution in [0.15, 0.2) is 72.9 Å². The predicted octanol–water partition coefficient (Wildman–Crippen LogP) is 4.71. The molecule has 114 valence electrons. The van der Waals surface area contributed by atoms with E-state index in [9.17, 15) is 4.79 Å². The molecule has 0 bridgehead atoms. The molecule has 0 saturated carbocycles. The van der Waals surface area contributed by atoms with Gasteiger partial charge in [-0.1, -0.05) is 48.5 Å². The fourth-order valence-electron chi connectivity index (χ4n) is 2.42. The van der Waals surface area contributed by atoms with Crippen molar-refractivity contribution in [2.45, 2.75) is 12.8 Å². The number of hydrogen-bond donors (Lipinski definition) is 0. The summed E-state index contributed by atoms with van der Waals surface area (Å²) in [6.45, 7) is 0. The van der Waals surface area contributed by atoms with Gasteiger partial charge in [-0.25, -0.2) is 0 Å². The number of pyridine rings is 1. The molecule has 0 aliphatic heterocycles. The van der Waals surface area contributed by atoms with E-state index in [0.717, 1.165) is 22.4 Å². The Kier molecular flexibility index (Phi) is 5.18. The third kappa shape index (κ3) is 4.48. The number of nitrogens with zero attached hydrogens (tertiary/aromatic N) is 1. The maximum Gasteiger partial charge on any atom is 0.143 e. The Morgan fingerprint density at radius 2 is 1.57 bits per heavy atom. The second-order valence-electron chi connectivity index (χ2n) is 5.42. The SMILES string of the molecule is O=C(Cc1ccc(I)cc1)Cc1ccc(-c2ccccc2)cn1. The van der Waals surface area contributed by atoms with Crippen molar-refractivity contribution in [2.24, 2.45) is 0 Å². The molecule has 2 nitrogen and oxygen atoms in total. The molecule has 3 rings (SSSR count). The van der Waals surface area contributed by atoms with Crippen molar-refractivity contribution in [3.05, 3.63) is 87.8 Å². The van der Waals surface area contributed by atoms with Gasteiger partial charge in [0.2, 0.25) is 0 Å². The Bertz CT molecular complexity index is 780. The van der Waals surface area contributed by atoms with Gasteiger partial charge in [-0.3, -0.25) is 9.78 Å². The largest absolute Gasteiger partial charge is 0.299 e. The molecule has 0 unspecified atom stereocenters. The summed E-state index contributed by atoms with van der Waals surface area (Å²) in [4.78, 5) is 16.6. The van der Waals surface area contributed by atoms with Gasteiger partial charge in [0.25, 0.3) is 0 Å². The number of halogens is 1. The van der Waals surface area contributed by atoms with Gasteiger partial charge in [-0.05, 0) is 51.9 Å². The summed E-state index contributed by atoms with van der Waals surface area (Å²) in [5.74, 6) is 0.186. The second kappa shape index (κ2) is 7.51. The summed E-state index contributed by atoms with van der Waals surface area (Å²) in [6.07, 6.45) is 2.67. The van der Waals surface area contributed by atoms with Crippen LogP contribution >= 0.6 is 22.6 Å². The first-order valence-corrected chi connectivity index (χ1v) is 8.55. The number of rotatable bonds is 5. The normalized spacial score (nSPS) is 10.5. The fraction of sp³-hybridized carbons (Fsp3) is 0.100. The van der Waals surface area contributed by atoms with Gasteiger partial charge in [-0.15, -0.1) is 0 Å². The number of aromatic nitrogens is 1. The topological polar surface area (TPSA) is 30.0 Å².